The summed E-state index contributed by atoms with van der Waals surface area (Å²) in [4.78, 5) is 17.0. The van der Waals surface area contributed by atoms with Crippen molar-refractivity contribution in [3.63, 3.8) is 0 Å². The number of imidazole rings is 1. The standard InChI is InChI=1S/C12H14ClN3O.CH4O/c1-3-15-6-7(2)16-11-9(14-12(16)17)5-4-8(13)10(11)15;1-2/h4-5,7H,3,6H2,1-2H3,(H,14,17);2H,1H3. The Labute approximate surface area is 116 Å². The molecule has 6 heteroatoms. The molecule has 0 radical (unpaired) electrons. The first kappa shape index (κ1) is 14.0. The Morgan fingerprint density at radius 3 is 2.79 bits per heavy atom. The number of aromatic amines is 1. The zero-order valence-electron chi connectivity index (χ0n) is 11.3. The fraction of sp³-hybridized carbons (Fsp3) is 0.462. The maximum atomic E-state index is 11.9. The minimum absolute atomic E-state index is 0.0493. The number of hydrogen-bond acceptors (Lipinski definition) is 3. The number of aliphatic hydroxyl groups is 1. The highest BCUT2D eigenvalue weighted by molar-refractivity contribution is 6.34. The maximum absolute atomic E-state index is 11.9. The summed E-state index contributed by atoms with van der Waals surface area (Å²) in [7, 11) is 1.00. The average molecular weight is 284 g/mol. The van der Waals surface area contributed by atoms with Crippen LogP contribution in [0.4, 0.5) is 5.69 Å². The molecule has 2 heterocycles. The van der Waals surface area contributed by atoms with Gasteiger partial charge in [0.25, 0.3) is 0 Å². The van der Waals surface area contributed by atoms with Gasteiger partial charge in [0.15, 0.2) is 0 Å². The molecular weight excluding hydrogens is 266 g/mol. The lowest BCUT2D eigenvalue weighted by Crippen LogP contribution is -2.37. The van der Waals surface area contributed by atoms with Gasteiger partial charge in [0.1, 0.15) is 0 Å². The Kier molecular flexibility index (Phi) is 3.87. The van der Waals surface area contributed by atoms with E-state index < -0.39 is 0 Å². The maximum Gasteiger partial charge on any atom is 0.326 e. The minimum atomic E-state index is -0.0493. The van der Waals surface area contributed by atoms with Crippen molar-refractivity contribution in [3.05, 3.63) is 27.6 Å². The smallest absolute Gasteiger partial charge is 0.326 e. The lowest BCUT2D eigenvalue weighted by molar-refractivity contribution is 0.399. The van der Waals surface area contributed by atoms with E-state index in [1.165, 1.54) is 0 Å². The third-order valence-corrected chi connectivity index (χ3v) is 3.73. The van der Waals surface area contributed by atoms with E-state index >= 15 is 0 Å². The molecule has 0 amide bonds. The van der Waals surface area contributed by atoms with Crippen LogP contribution in [0.15, 0.2) is 16.9 Å². The zero-order chi connectivity index (χ0) is 14.2. The van der Waals surface area contributed by atoms with E-state index in [0.29, 0.717) is 5.02 Å². The van der Waals surface area contributed by atoms with Gasteiger partial charge in [-0.15, -0.1) is 0 Å². The van der Waals surface area contributed by atoms with Crippen LogP contribution in [-0.4, -0.2) is 34.9 Å². The first-order valence-electron chi connectivity index (χ1n) is 6.26. The van der Waals surface area contributed by atoms with Gasteiger partial charge in [0.05, 0.1) is 27.8 Å². The summed E-state index contributed by atoms with van der Waals surface area (Å²) in [6.45, 7) is 5.87. The Balaban J connectivity index is 0.000000637. The molecule has 1 aliphatic rings. The number of nitrogens with one attached hydrogen (secondary N) is 1. The lowest BCUT2D eigenvalue weighted by atomic mass is 10.1. The Bertz CT molecular complexity index is 647. The number of aliphatic hydroxyl groups excluding tert-OH is 1. The van der Waals surface area contributed by atoms with Gasteiger partial charge >= 0.3 is 5.69 Å². The largest absolute Gasteiger partial charge is 0.400 e. The number of hydrogen-bond donors (Lipinski definition) is 2. The molecule has 1 unspecified atom stereocenters. The number of halogens is 1. The van der Waals surface area contributed by atoms with E-state index in [0.717, 1.165) is 36.9 Å². The molecule has 0 saturated carbocycles. The van der Waals surface area contributed by atoms with Crippen LogP contribution in [0.2, 0.25) is 5.02 Å². The van der Waals surface area contributed by atoms with Crippen molar-refractivity contribution in [2.75, 3.05) is 25.1 Å². The molecule has 104 valence electrons. The molecule has 2 aromatic rings. The molecule has 1 aromatic carbocycles. The van der Waals surface area contributed by atoms with Crippen LogP contribution in [0.1, 0.15) is 19.9 Å². The lowest BCUT2D eigenvalue weighted by Gasteiger charge is -2.33. The molecule has 0 spiro atoms. The summed E-state index contributed by atoms with van der Waals surface area (Å²) >= 11 is 6.27. The van der Waals surface area contributed by atoms with E-state index in [1.54, 1.807) is 0 Å². The van der Waals surface area contributed by atoms with Crippen molar-refractivity contribution in [1.82, 2.24) is 9.55 Å². The Morgan fingerprint density at radius 1 is 1.47 bits per heavy atom. The molecule has 3 rings (SSSR count). The zero-order valence-corrected chi connectivity index (χ0v) is 12.0. The second kappa shape index (κ2) is 5.27. The summed E-state index contributed by atoms with van der Waals surface area (Å²) in [6.07, 6.45) is 0. The van der Waals surface area contributed by atoms with Gasteiger partial charge in [0, 0.05) is 20.2 Å². The summed E-state index contributed by atoms with van der Waals surface area (Å²) in [5.41, 5.74) is 2.72. The molecule has 2 N–H and O–H groups in total. The Morgan fingerprint density at radius 2 is 2.16 bits per heavy atom. The number of nitrogens with zero attached hydrogens (tertiary/aromatic N) is 2. The summed E-state index contributed by atoms with van der Waals surface area (Å²) < 4.78 is 1.81. The van der Waals surface area contributed by atoms with Crippen LogP contribution in [0.3, 0.4) is 0 Å². The van der Waals surface area contributed by atoms with Crippen molar-refractivity contribution < 1.29 is 5.11 Å². The van der Waals surface area contributed by atoms with Crippen LogP contribution >= 0.6 is 11.6 Å². The van der Waals surface area contributed by atoms with E-state index in [-0.39, 0.29) is 11.7 Å². The van der Waals surface area contributed by atoms with E-state index in [2.05, 4.69) is 23.7 Å². The fourth-order valence-electron chi connectivity index (χ4n) is 2.68. The van der Waals surface area contributed by atoms with E-state index in [4.69, 9.17) is 16.7 Å². The van der Waals surface area contributed by atoms with Crippen LogP contribution in [-0.2, 0) is 0 Å². The number of H-pyrrole nitrogens is 1. The molecule has 19 heavy (non-hydrogen) atoms. The van der Waals surface area contributed by atoms with Crippen molar-refractivity contribution in [2.24, 2.45) is 0 Å². The average Bonchev–Trinajstić information content (AvgIpc) is 2.76. The highest BCUT2D eigenvalue weighted by atomic mass is 35.5. The van der Waals surface area contributed by atoms with Gasteiger partial charge in [-0.2, -0.15) is 0 Å². The predicted molar refractivity (Wildman–Crippen MR) is 78.3 cm³/mol. The summed E-state index contributed by atoms with van der Waals surface area (Å²) in [5.74, 6) is 0. The summed E-state index contributed by atoms with van der Waals surface area (Å²) in [6, 6.07) is 3.88. The molecular formula is C13H18ClN3O2. The van der Waals surface area contributed by atoms with E-state index in [1.807, 2.05) is 16.7 Å². The number of benzene rings is 1. The van der Waals surface area contributed by atoms with Crippen molar-refractivity contribution in [3.8, 4) is 0 Å². The third kappa shape index (κ3) is 2.03. The molecule has 1 atom stereocenters. The van der Waals surface area contributed by atoms with Gasteiger partial charge in [-0.1, -0.05) is 11.6 Å². The summed E-state index contributed by atoms with van der Waals surface area (Å²) in [5, 5.41) is 7.71. The van der Waals surface area contributed by atoms with Gasteiger partial charge < -0.3 is 15.0 Å². The second-order valence-corrected chi connectivity index (χ2v) is 4.89. The normalized spacial score (nSPS) is 17.3. The molecule has 5 nitrogen and oxygen atoms in total. The van der Waals surface area contributed by atoms with Crippen LogP contribution in [0, 0.1) is 0 Å². The first-order chi connectivity index (χ1) is 9.13. The monoisotopic (exact) mass is 283 g/mol. The van der Waals surface area contributed by atoms with Crippen LogP contribution in [0.5, 0.6) is 0 Å². The van der Waals surface area contributed by atoms with Crippen molar-refractivity contribution >= 4 is 28.3 Å². The molecule has 1 aromatic heterocycles. The SMILES string of the molecule is CCN1CC(C)n2c(=O)[nH]c3ccc(Cl)c1c32.CO. The molecule has 0 saturated heterocycles. The number of aromatic nitrogens is 2. The van der Waals surface area contributed by atoms with Gasteiger partial charge in [-0.05, 0) is 26.0 Å². The van der Waals surface area contributed by atoms with E-state index in [9.17, 15) is 4.79 Å². The van der Waals surface area contributed by atoms with Gasteiger partial charge in [-0.3, -0.25) is 4.57 Å². The molecule has 1 aliphatic heterocycles. The molecule has 0 fully saturated rings. The van der Waals surface area contributed by atoms with Crippen molar-refractivity contribution in [2.45, 2.75) is 19.9 Å². The number of likely N-dealkylation sites (N-methyl/N-ethyl adjacent to an activating group) is 1. The highest BCUT2D eigenvalue weighted by Crippen LogP contribution is 2.37. The van der Waals surface area contributed by atoms with Crippen LogP contribution in [0.25, 0.3) is 11.0 Å². The topological polar surface area (TPSA) is 61.3 Å². The van der Waals surface area contributed by atoms with Crippen molar-refractivity contribution in [1.29, 1.82) is 0 Å². The molecule has 0 bridgehead atoms. The second-order valence-electron chi connectivity index (χ2n) is 4.48. The third-order valence-electron chi connectivity index (χ3n) is 3.43. The van der Waals surface area contributed by atoms with Gasteiger partial charge in [-0.25, -0.2) is 4.79 Å². The minimum Gasteiger partial charge on any atom is -0.400 e. The highest BCUT2D eigenvalue weighted by Gasteiger charge is 2.27. The molecule has 0 aliphatic carbocycles. The first-order valence-corrected chi connectivity index (χ1v) is 6.63. The predicted octanol–water partition coefficient (Wildman–Crippen LogP) is 1.99. The van der Waals surface area contributed by atoms with Gasteiger partial charge in [0.2, 0.25) is 0 Å². The number of anilines is 1. The number of rotatable bonds is 1. The Hall–Kier alpha value is -1.46. The fourth-order valence-corrected chi connectivity index (χ4v) is 2.95. The van der Waals surface area contributed by atoms with Crippen LogP contribution < -0.4 is 10.6 Å². The quantitative estimate of drug-likeness (QED) is 0.841.